The number of methoxy groups -OCH3 is 1. The van der Waals surface area contributed by atoms with Crippen LogP contribution in [-0.2, 0) is 11.8 Å². The van der Waals surface area contributed by atoms with E-state index in [2.05, 4.69) is 15.4 Å². The highest BCUT2D eigenvalue weighted by molar-refractivity contribution is 5.94. The number of aromatic nitrogens is 5. The van der Waals surface area contributed by atoms with E-state index in [-0.39, 0.29) is 11.7 Å². The molecule has 0 aliphatic rings. The summed E-state index contributed by atoms with van der Waals surface area (Å²) < 4.78 is 8.30. The molecule has 0 atom stereocenters. The number of esters is 1. The van der Waals surface area contributed by atoms with Gasteiger partial charge >= 0.3 is 5.97 Å². The summed E-state index contributed by atoms with van der Waals surface area (Å²) in [5.74, 6) is -0.491. The van der Waals surface area contributed by atoms with Crippen LogP contribution in [0.1, 0.15) is 41.8 Å². The topological polar surface area (TPSA) is 74.8 Å². The van der Waals surface area contributed by atoms with Crippen molar-refractivity contribution in [3.05, 3.63) is 17.1 Å². The molecule has 0 aliphatic heterocycles. The number of ether oxygens (including phenoxy) is 1. The minimum absolute atomic E-state index is 0.0786. The third-order valence-corrected chi connectivity index (χ3v) is 3.31. The van der Waals surface area contributed by atoms with Gasteiger partial charge in [0.15, 0.2) is 5.69 Å². The Labute approximate surface area is 117 Å². The fraction of sp³-hybridized carbons (Fsp3) is 0.538. The average Bonchev–Trinajstić information content (AvgIpc) is 2.91. The summed E-state index contributed by atoms with van der Waals surface area (Å²) >= 11 is 0. The lowest BCUT2D eigenvalue weighted by atomic mass is 10.1. The van der Waals surface area contributed by atoms with E-state index >= 15 is 0 Å². The lowest BCUT2D eigenvalue weighted by Gasteiger charge is -2.11. The van der Waals surface area contributed by atoms with Crippen LogP contribution in [0.5, 0.6) is 0 Å². The monoisotopic (exact) mass is 277 g/mol. The smallest absolute Gasteiger partial charge is 0.360 e. The standard InChI is InChI=1S/C13H19N5O2/c1-7(2)18-12(11(14-16-18)13(19)20-6)10-8(3)15-17(5)9(10)4/h7H,1-6H3. The SMILES string of the molecule is COC(=O)c1nnn(C(C)C)c1-c1c(C)nn(C)c1C. The summed E-state index contributed by atoms with van der Waals surface area (Å²) in [5, 5.41) is 12.4. The third kappa shape index (κ3) is 2.09. The number of nitrogens with zero attached hydrogens (tertiary/aromatic N) is 5. The quantitative estimate of drug-likeness (QED) is 0.798. The first kappa shape index (κ1) is 14.2. The zero-order valence-electron chi connectivity index (χ0n) is 12.6. The molecule has 0 fully saturated rings. The van der Waals surface area contributed by atoms with Gasteiger partial charge in [0.05, 0.1) is 12.8 Å². The Bertz CT molecular complexity index is 654. The van der Waals surface area contributed by atoms with E-state index < -0.39 is 5.97 Å². The second kappa shape index (κ2) is 5.07. The van der Waals surface area contributed by atoms with E-state index in [4.69, 9.17) is 4.74 Å². The molecule has 2 aromatic rings. The molecule has 0 amide bonds. The molecule has 0 aromatic carbocycles. The number of rotatable bonds is 3. The zero-order valence-corrected chi connectivity index (χ0v) is 12.6. The molecule has 0 aliphatic carbocycles. The summed E-state index contributed by atoms with van der Waals surface area (Å²) in [6, 6.07) is 0.0786. The molecule has 0 unspecified atom stereocenters. The summed E-state index contributed by atoms with van der Waals surface area (Å²) in [6.45, 7) is 7.83. The van der Waals surface area contributed by atoms with Crippen molar-refractivity contribution in [3.8, 4) is 11.3 Å². The van der Waals surface area contributed by atoms with Crippen molar-refractivity contribution in [1.29, 1.82) is 0 Å². The molecule has 0 bridgehead atoms. The largest absolute Gasteiger partial charge is 0.464 e. The molecule has 2 rings (SSSR count). The van der Waals surface area contributed by atoms with Crippen LogP contribution < -0.4 is 0 Å². The maximum Gasteiger partial charge on any atom is 0.360 e. The van der Waals surface area contributed by atoms with Crippen LogP contribution in [0.2, 0.25) is 0 Å². The van der Waals surface area contributed by atoms with Gasteiger partial charge in [-0.15, -0.1) is 5.10 Å². The van der Waals surface area contributed by atoms with Crippen LogP contribution in [0.4, 0.5) is 0 Å². The maximum atomic E-state index is 11.9. The number of hydrogen-bond donors (Lipinski definition) is 0. The summed E-state index contributed by atoms with van der Waals surface area (Å²) in [7, 11) is 3.20. The summed E-state index contributed by atoms with van der Waals surface area (Å²) in [4.78, 5) is 11.9. The molecular formula is C13H19N5O2. The third-order valence-electron chi connectivity index (χ3n) is 3.31. The molecule has 0 saturated carbocycles. The van der Waals surface area contributed by atoms with E-state index in [9.17, 15) is 4.79 Å². The Morgan fingerprint density at radius 2 is 1.95 bits per heavy atom. The summed E-state index contributed by atoms with van der Waals surface area (Å²) in [6.07, 6.45) is 0. The van der Waals surface area contributed by atoms with Crippen molar-refractivity contribution in [2.45, 2.75) is 33.7 Å². The normalized spacial score (nSPS) is 11.2. The molecule has 7 heteroatoms. The van der Waals surface area contributed by atoms with Crippen LogP contribution in [-0.4, -0.2) is 37.9 Å². The number of hydrogen-bond acceptors (Lipinski definition) is 5. The van der Waals surface area contributed by atoms with Crippen molar-refractivity contribution in [2.24, 2.45) is 7.05 Å². The fourth-order valence-corrected chi connectivity index (χ4v) is 2.24. The Kier molecular flexibility index (Phi) is 3.61. The van der Waals surface area contributed by atoms with Crippen LogP contribution in [0.15, 0.2) is 0 Å². The molecule has 2 heterocycles. The maximum absolute atomic E-state index is 11.9. The second-order valence-corrected chi connectivity index (χ2v) is 4.99. The van der Waals surface area contributed by atoms with E-state index in [1.54, 1.807) is 9.36 Å². The number of aryl methyl sites for hydroxylation is 2. The van der Waals surface area contributed by atoms with Gasteiger partial charge in [0, 0.05) is 24.3 Å². The molecule has 0 N–H and O–H groups in total. The van der Waals surface area contributed by atoms with Crippen molar-refractivity contribution in [2.75, 3.05) is 7.11 Å². The Hall–Kier alpha value is -2.18. The zero-order chi connectivity index (χ0) is 15.0. The fourth-order valence-electron chi connectivity index (χ4n) is 2.24. The van der Waals surface area contributed by atoms with Gasteiger partial charge in [-0.2, -0.15) is 5.10 Å². The van der Waals surface area contributed by atoms with Crippen LogP contribution >= 0.6 is 0 Å². The number of carbonyl (C=O) groups is 1. The van der Waals surface area contributed by atoms with Gasteiger partial charge in [0.25, 0.3) is 0 Å². The van der Waals surface area contributed by atoms with Crippen LogP contribution in [0, 0.1) is 13.8 Å². The predicted octanol–water partition coefficient (Wildman–Crippen LogP) is 1.66. The number of carbonyl (C=O) groups excluding carboxylic acids is 1. The molecule has 7 nitrogen and oxygen atoms in total. The van der Waals surface area contributed by atoms with Crippen LogP contribution in [0.25, 0.3) is 11.3 Å². The minimum Gasteiger partial charge on any atom is -0.464 e. The first-order valence-electron chi connectivity index (χ1n) is 6.42. The first-order valence-corrected chi connectivity index (χ1v) is 6.42. The van der Waals surface area contributed by atoms with E-state index in [1.807, 2.05) is 34.7 Å². The molecule has 108 valence electrons. The Morgan fingerprint density at radius 3 is 2.40 bits per heavy atom. The lowest BCUT2D eigenvalue weighted by Crippen LogP contribution is -2.09. The van der Waals surface area contributed by atoms with Crippen molar-refractivity contribution < 1.29 is 9.53 Å². The van der Waals surface area contributed by atoms with Gasteiger partial charge in [0.1, 0.15) is 5.69 Å². The van der Waals surface area contributed by atoms with Gasteiger partial charge in [-0.1, -0.05) is 5.21 Å². The molecule has 20 heavy (non-hydrogen) atoms. The van der Waals surface area contributed by atoms with Gasteiger partial charge in [-0.3, -0.25) is 4.68 Å². The molecule has 0 radical (unpaired) electrons. The van der Waals surface area contributed by atoms with E-state index in [1.165, 1.54) is 7.11 Å². The molecule has 0 spiro atoms. The van der Waals surface area contributed by atoms with E-state index in [0.717, 1.165) is 17.0 Å². The van der Waals surface area contributed by atoms with Gasteiger partial charge < -0.3 is 4.74 Å². The second-order valence-electron chi connectivity index (χ2n) is 4.99. The highest BCUT2D eigenvalue weighted by Gasteiger charge is 2.27. The molecular weight excluding hydrogens is 258 g/mol. The molecule has 0 saturated heterocycles. The summed E-state index contributed by atoms with van der Waals surface area (Å²) in [5.41, 5.74) is 3.55. The van der Waals surface area contributed by atoms with Crippen molar-refractivity contribution in [1.82, 2.24) is 24.8 Å². The first-order chi connectivity index (χ1) is 9.38. The minimum atomic E-state index is -0.491. The Morgan fingerprint density at radius 1 is 1.30 bits per heavy atom. The van der Waals surface area contributed by atoms with Crippen LogP contribution in [0.3, 0.4) is 0 Å². The van der Waals surface area contributed by atoms with Crippen molar-refractivity contribution in [3.63, 3.8) is 0 Å². The van der Waals surface area contributed by atoms with Gasteiger partial charge in [0.2, 0.25) is 0 Å². The van der Waals surface area contributed by atoms with Crippen molar-refractivity contribution >= 4 is 5.97 Å². The lowest BCUT2D eigenvalue weighted by molar-refractivity contribution is 0.0595. The Balaban J connectivity index is 2.76. The predicted molar refractivity (Wildman–Crippen MR) is 73.4 cm³/mol. The van der Waals surface area contributed by atoms with E-state index in [0.29, 0.717) is 5.69 Å². The average molecular weight is 277 g/mol. The highest BCUT2D eigenvalue weighted by Crippen LogP contribution is 2.30. The highest BCUT2D eigenvalue weighted by atomic mass is 16.5. The van der Waals surface area contributed by atoms with Gasteiger partial charge in [-0.25, -0.2) is 9.48 Å². The van der Waals surface area contributed by atoms with Gasteiger partial charge in [-0.05, 0) is 27.7 Å². The molecule has 2 aromatic heterocycles.